The van der Waals surface area contributed by atoms with Gasteiger partial charge in [0.25, 0.3) is 0 Å². The fourth-order valence-electron chi connectivity index (χ4n) is 3.61. The van der Waals surface area contributed by atoms with Crippen LogP contribution in [0.25, 0.3) is 0 Å². The van der Waals surface area contributed by atoms with Crippen molar-refractivity contribution >= 4 is 0 Å². The Morgan fingerprint density at radius 3 is 3.05 bits per heavy atom. The summed E-state index contributed by atoms with van der Waals surface area (Å²) in [6.45, 7) is 5.15. The lowest BCUT2D eigenvalue weighted by atomic mass is 9.78. The first kappa shape index (κ1) is 13.1. The second kappa shape index (κ2) is 5.59. The number of rotatable bonds is 4. The third-order valence-electron chi connectivity index (χ3n) is 4.57. The number of hydrogen-bond donors (Lipinski definition) is 1. The minimum Gasteiger partial charge on any atom is -0.338 e. The number of fused-ring (bicyclic) bond motifs is 1. The van der Waals surface area contributed by atoms with Crippen LogP contribution in [0.15, 0.2) is 4.52 Å². The Kier molecular flexibility index (Phi) is 3.84. The molecule has 0 spiro atoms. The number of hydrogen-bond acceptors (Lipinski definition) is 5. The molecule has 2 heterocycles. The molecule has 0 amide bonds. The predicted octanol–water partition coefficient (Wildman–Crippen LogP) is 1.58. The quantitative estimate of drug-likeness (QED) is 0.894. The molecule has 5 heteroatoms. The molecule has 1 aromatic rings. The molecule has 0 aromatic carbocycles. The van der Waals surface area contributed by atoms with Crippen molar-refractivity contribution in [2.75, 3.05) is 13.1 Å². The van der Waals surface area contributed by atoms with Crippen molar-refractivity contribution in [3.05, 3.63) is 11.7 Å². The van der Waals surface area contributed by atoms with E-state index in [9.17, 15) is 0 Å². The van der Waals surface area contributed by atoms with Crippen molar-refractivity contribution in [1.82, 2.24) is 15.0 Å². The lowest BCUT2D eigenvalue weighted by Gasteiger charge is -2.29. The molecule has 2 fully saturated rings. The number of nitrogens with zero attached hydrogens (tertiary/aromatic N) is 3. The first-order valence-electron chi connectivity index (χ1n) is 7.55. The molecule has 1 aromatic heterocycles. The first-order valence-corrected chi connectivity index (χ1v) is 7.55. The highest BCUT2D eigenvalue weighted by Crippen LogP contribution is 2.35. The fraction of sp³-hybridized carbons (Fsp3) is 0.857. The molecule has 3 unspecified atom stereocenters. The van der Waals surface area contributed by atoms with Crippen LogP contribution in [0, 0.1) is 11.8 Å². The SMILES string of the molecule is CCCc1noc(CN2CC3CCCC(N)C3C2)n1. The average molecular weight is 264 g/mol. The minimum absolute atomic E-state index is 0.391. The zero-order valence-electron chi connectivity index (χ0n) is 11.7. The molecule has 3 rings (SSSR count). The van der Waals surface area contributed by atoms with Crippen LogP contribution in [0.5, 0.6) is 0 Å². The van der Waals surface area contributed by atoms with Crippen molar-refractivity contribution in [3.8, 4) is 0 Å². The highest BCUT2D eigenvalue weighted by molar-refractivity contribution is 4.95. The van der Waals surface area contributed by atoms with E-state index in [1.807, 2.05) is 0 Å². The van der Waals surface area contributed by atoms with Gasteiger partial charge in [0.2, 0.25) is 5.89 Å². The summed E-state index contributed by atoms with van der Waals surface area (Å²) < 4.78 is 5.33. The molecule has 106 valence electrons. The van der Waals surface area contributed by atoms with Gasteiger partial charge in [-0.2, -0.15) is 4.98 Å². The number of aromatic nitrogens is 2. The summed E-state index contributed by atoms with van der Waals surface area (Å²) >= 11 is 0. The summed E-state index contributed by atoms with van der Waals surface area (Å²) in [6, 6.07) is 0.391. The fourth-order valence-corrected chi connectivity index (χ4v) is 3.61. The maximum Gasteiger partial charge on any atom is 0.240 e. The van der Waals surface area contributed by atoms with Crippen LogP contribution in [0.2, 0.25) is 0 Å². The van der Waals surface area contributed by atoms with Crippen LogP contribution in [-0.4, -0.2) is 34.2 Å². The minimum atomic E-state index is 0.391. The molecule has 1 saturated carbocycles. The van der Waals surface area contributed by atoms with E-state index in [0.717, 1.165) is 50.1 Å². The molecule has 0 radical (unpaired) electrons. The maximum atomic E-state index is 6.24. The van der Waals surface area contributed by atoms with E-state index in [1.54, 1.807) is 0 Å². The monoisotopic (exact) mass is 264 g/mol. The Morgan fingerprint density at radius 1 is 1.37 bits per heavy atom. The summed E-state index contributed by atoms with van der Waals surface area (Å²) in [4.78, 5) is 6.88. The van der Waals surface area contributed by atoms with E-state index in [0.29, 0.717) is 12.0 Å². The molecule has 1 saturated heterocycles. The number of aryl methyl sites for hydroxylation is 1. The van der Waals surface area contributed by atoms with Gasteiger partial charge in [-0.3, -0.25) is 4.90 Å². The highest BCUT2D eigenvalue weighted by atomic mass is 16.5. The van der Waals surface area contributed by atoms with Gasteiger partial charge < -0.3 is 10.3 Å². The maximum absolute atomic E-state index is 6.24. The average Bonchev–Trinajstić information content (AvgIpc) is 2.98. The zero-order valence-corrected chi connectivity index (χ0v) is 11.7. The van der Waals surface area contributed by atoms with E-state index in [2.05, 4.69) is 22.0 Å². The van der Waals surface area contributed by atoms with Crippen molar-refractivity contribution in [3.63, 3.8) is 0 Å². The van der Waals surface area contributed by atoms with Gasteiger partial charge in [0, 0.05) is 25.6 Å². The van der Waals surface area contributed by atoms with Crippen molar-refractivity contribution in [2.45, 2.75) is 51.6 Å². The van der Waals surface area contributed by atoms with Gasteiger partial charge in [-0.1, -0.05) is 18.5 Å². The lowest BCUT2D eigenvalue weighted by molar-refractivity contribution is 0.252. The summed E-state index contributed by atoms with van der Waals surface area (Å²) in [5, 5.41) is 4.02. The second-order valence-corrected chi connectivity index (χ2v) is 6.07. The third-order valence-corrected chi connectivity index (χ3v) is 4.57. The molecular formula is C14H24N4O. The molecule has 19 heavy (non-hydrogen) atoms. The second-order valence-electron chi connectivity index (χ2n) is 6.07. The molecule has 1 aliphatic carbocycles. The van der Waals surface area contributed by atoms with Gasteiger partial charge >= 0.3 is 0 Å². The third kappa shape index (κ3) is 2.82. The molecule has 2 aliphatic rings. The Balaban J connectivity index is 1.58. The highest BCUT2D eigenvalue weighted by Gasteiger charge is 2.38. The zero-order chi connectivity index (χ0) is 13.2. The molecule has 0 bridgehead atoms. The normalized spacial score (nSPS) is 31.6. The predicted molar refractivity (Wildman–Crippen MR) is 72.4 cm³/mol. The van der Waals surface area contributed by atoms with Crippen molar-refractivity contribution in [1.29, 1.82) is 0 Å². The molecule has 1 aliphatic heterocycles. The Labute approximate surface area is 114 Å². The molecule has 3 atom stereocenters. The van der Waals surface area contributed by atoms with Crippen LogP contribution in [-0.2, 0) is 13.0 Å². The van der Waals surface area contributed by atoms with Gasteiger partial charge in [-0.25, -0.2) is 0 Å². The van der Waals surface area contributed by atoms with E-state index >= 15 is 0 Å². The summed E-state index contributed by atoms with van der Waals surface area (Å²) in [6.07, 6.45) is 5.77. The lowest BCUT2D eigenvalue weighted by Crippen LogP contribution is -2.38. The van der Waals surface area contributed by atoms with E-state index < -0.39 is 0 Å². The number of likely N-dealkylation sites (tertiary alicyclic amines) is 1. The Morgan fingerprint density at radius 2 is 2.26 bits per heavy atom. The van der Waals surface area contributed by atoms with Crippen LogP contribution < -0.4 is 5.73 Å². The van der Waals surface area contributed by atoms with Crippen molar-refractivity contribution in [2.24, 2.45) is 17.6 Å². The van der Waals surface area contributed by atoms with E-state index in [1.165, 1.54) is 19.3 Å². The summed E-state index contributed by atoms with van der Waals surface area (Å²) in [5.74, 6) is 3.05. The number of nitrogens with two attached hydrogens (primary N) is 1. The molecule has 2 N–H and O–H groups in total. The van der Waals surface area contributed by atoms with Crippen molar-refractivity contribution < 1.29 is 4.52 Å². The van der Waals surface area contributed by atoms with Crippen LogP contribution in [0.4, 0.5) is 0 Å². The van der Waals surface area contributed by atoms with Gasteiger partial charge in [0.1, 0.15) is 0 Å². The smallest absolute Gasteiger partial charge is 0.240 e. The summed E-state index contributed by atoms with van der Waals surface area (Å²) in [5.41, 5.74) is 6.24. The van der Waals surface area contributed by atoms with Gasteiger partial charge in [-0.15, -0.1) is 0 Å². The van der Waals surface area contributed by atoms with E-state index in [4.69, 9.17) is 10.3 Å². The van der Waals surface area contributed by atoms with Crippen LogP contribution in [0.3, 0.4) is 0 Å². The molecule has 5 nitrogen and oxygen atoms in total. The Bertz CT molecular complexity index is 419. The van der Waals surface area contributed by atoms with Crippen LogP contribution >= 0.6 is 0 Å². The van der Waals surface area contributed by atoms with Crippen LogP contribution in [0.1, 0.15) is 44.3 Å². The standard InChI is InChI=1S/C14H24N4O/c1-2-4-13-16-14(19-17-13)9-18-7-10-5-3-6-12(15)11(10)8-18/h10-12H,2-9,15H2,1H3. The first-order chi connectivity index (χ1) is 9.26. The summed E-state index contributed by atoms with van der Waals surface area (Å²) in [7, 11) is 0. The van der Waals surface area contributed by atoms with E-state index in [-0.39, 0.29) is 0 Å². The van der Waals surface area contributed by atoms with Gasteiger partial charge in [0.05, 0.1) is 6.54 Å². The largest absolute Gasteiger partial charge is 0.338 e. The van der Waals surface area contributed by atoms with Gasteiger partial charge in [-0.05, 0) is 31.1 Å². The Hall–Kier alpha value is -0.940. The molecular weight excluding hydrogens is 240 g/mol. The topological polar surface area (TPSA) is 68.2 Å². The van der Waals surface area contributed by atoms with Gasteiger partial charge in [0.15, 0.2) is 5.82 Å².